The van der Waals surface area contributed by atoms with E-state index in [9.17, 15) is 12.8 Å². The van der Waals surface area contributed by atoms with Crippen LogP contribution in [-0.2, 0) is 15.6 Å². The first kappa shape index (κ1) is 26.0. The van der Waals surface area contributed by atoms with E-state index in [0.29, 0.717) is 23.1 Å². The molecule has 1 aromatic carbocycles. The van der Waals surface area contributed by atoms with Crippen molar-refractivity contribution in [3.63, 3.8) is 0 Å². The van der Waals surface area contributed by atoms with Gasteiger partial charge in [-0.25, -0.2) is 27.8 Å². The van der Waals surface area contributed by atoms with E-state index in [1.807, 2.05) is 0 Å². The van der Waals surface area contributed by atoms with Crippen LogP contribution < -0.4 is 15.8 Å². The van der Waals surface area contributed by atoms with E-state index in [4.69, 9.17) is 22.1 Å². The summed E-state index contributed by atoms with van der Waals surface area (Å²) in [5, 5.41) is 3.39. The fourth-order valence-electron chi connectivity index (χ4n) is 3.99. The number of anilines is 1. The molecule has 0 spiro atoms. The van der Waals surface area contributed by atoms with Gasteiger partial charge in [-0.3, -0.25) is 0 Å². The number of pyridine rings is 1. The Morgan fingerprint density at radius 1 is 1.17 bits per heavy atom. The van der Waals surface area contributed by atoms with Crippen molar-refractivity contribution in [1.29, 1.82) is 0 Å². The van der Waals surface area contributed by atoms with E-state index in [-0.39, 0.29) is 27.5 Å². The number of nitrogens with two attached hydrogens (primary N) is 1. The third-order valence-electron chi connectivity index (χ3n) is 5.97. The molecule has 2 aromatic heterocycles. The lowest BCUT2D eigenvalue weighted by Crippen LogP contribution is -2.33. The number of aromatic nitrogens is 3. The van der Waals surface area contributed by atoms with Crippen LogP contribution in [0.3, 0.4) is 0 Å². The molecule has 2 heterocycles. The second kappa shape index (κ2) is 11.3. The summed E-state index contributed by atoms with van der Waals surface area (Å²) in [6.07, 6.45) is 10.5. The van der Waals surface area contributed by atoms with Gasteiger partial charge in [-0.05, 0) is 50.0 Å². The number of sulfone groups is 1. The molecule has 8 nitrogen and oxygen atoms in total. The second-order valence-electron chi connectivity index (χ2n) is 8.63. The molecule has 1 saturated carbocycles. The Bertz CT molecular complexity index is 1340. The number of ether oxygens (including phenoxy) is 1. The summed E-state index contributed by atoms with van der Waals surface area (Å²) in [6.45, 7) is 0. The minimum absolute atomic E-state index is 0.0656. The van der Waals surface area contributed by atoms with E-state index in [0.717, 1.165) is 25.7 Å². The zero-order valence-electron chi connectivity index (χ0n) is 19.7. The first-order valence-electron chi connectivity index (χ1n) is 11.5. The highest BCUT2D eigenvalue weighted by atomic mass is 35.5. The summed E-state index contributed by atoms with van der Waals surface area (Å²) in [5.41, 5.74) is 6.73. The molecule has 0 saturated heterocycles. The van der Waals surface area contributed by atoms with Crippen LogP contribution in [0.4, 0.5) is 10.3 Å². The van der Waals surface area contributed by atoms with Crippen LogP contribution in [-0.4, -0.2) is 42.6 Å². The molecule has 0 bridgehead atoms. The van der Waals surface area contributed by atoms with Crippen LogP contribution >= 0.6 is 11.6 Å². The number of hydrogen-bond donors (Lipinski definition) is 2. The van der Waals surface area contributed by atoms with Crippen molar-refractivity contribution in [2.45, 2.75) is 48.4 Å². The van der Waals surface area contributed by atoms with Crippen molar-refractivity contribution < 1.29 is 17.5 Å². The highest BCUT2D eigenvalue weighted by Crippen LogP contribution is 2.27. The molecule has 0 atom stereocenters. The third-order valence-corrected chi connectivity index (χ3v) is 8.09. The number of hydrogen-bond acceptors (Lipinski definition) is 8. The molecule has 4 rings (SSSR count). The van der Waals surface area contributed by atoms with Gasteiger partial charge in [0.25, 0.3) is 0 Å². The number of nitrogens with one attached hydrogen (secondary N) is 1. The van der Waals surface area contributed by atoms with Gasteiger partial charge in [0.1, 0.15) is 11.6 Å². The highest BCUT2D eigenvalue weighted by molar-refractivity contribution is 7.90. The SMILES string of the molecule is COc1nc(CS(=O)(=O)c2ccccc2Cl)c(F)cc1/C=C/c1cnc(NC2CCC(N)CC2)nc1. The zero-order valence-corrected chi connectivity index (χ0v) is 21.3. The summed E-state index contributed by atoms with van der Waals surface area (Å²) < 4.78 is 45.7. The molecular weight excluding hydrogens is 505 g/mol. The Kier molecular flexibility index (Phi) is 8.17. The minimum Gasteiger partial charge on any atom is -0.481 e. The minimum atomic E-state index is -3.91. The topological polar surface area (TPSA) is 120 Å². The summed E-state index contributed by atoms with van der Waals surface area (Å²) in [5.74, 6) is -0.791. The van der Waals surface area contributed by atoms with Crippen LogP contribution in [0.1, 0.15) is 42.5 Å². The molecular formula is C25H27ClFN5O3S. The third kappa shape index (κ3) is 6.37. The molecule has 1 fully saturated rings. The predicted molar refractivity (Wildman–Crippen MR) is 138 cm³/mol. The summed E-state index contributed by atoms with van der Waals surface area (Å²) in [6, 6.07) is 7.77. The first-order chi connectivity index (χ1) is 17.2. The van der Waals surface area contributed by atoms with Crippen LogP contribution in [0, 0.1) is 5.82 Å². The molecule has 190 valence electrons. The van der Waals surface area contributed by atoms with Gasteiger partial charge in [-0.2, -0.15) is 0 Å². The van der Waals surface area contributed by atoms with Crippen molar-refractivity contribution in [3.8, 4) is 5.88 Å². The van der Waals surface area contributed by atoms with Crippen molar-refractivity contribution >= 4 is 39.5 Å². The molecule has 1 aliphatic carbocycles. The van der Waals surface area contributed by atoms with E-state index in [1.165, 1.54) is 25.3 Å². The van der Waals surface area contributed by atoms with E-state index in [1.54, 1.807) is 36.7 Å². The standard InChI is InChI=1S/C25H27ClFN5O3S/c1-35-24-17(7-6-16-13-29-25(30-14-16)31-19-10-8-18(28)9-11-19)12-21(27)22(32-24)15-36(33,34)23-5-3-2-4-20(23)26/h2-7,12-14,18-19H,8-11,15,28H2,1H3,(H,29,30,31)/b7-6+. The first-order valence-corrected chi connectivity index (χ1v) is 13.5. The lowest BCUT2D eigenvalue weighted by atomic mass is 9.92. The van der Waals surface area contributed by atoms with Gasteiger partial charge < -0.3 is 15.8 Å². The second-order valence-corrected chi connectivity index (χ2v) is 11.0. The van der Waals surface area contributed by atoms with Gasteiger partial charge in [-0.15, -0.1) is 0 Å². The maximum absolute atomic E-state index is 14.8. The number of nitrogens with zero attached hydrogens (tertiary/aromatic N) is 3. The van der Waals surface area contributed by atoms with Crippen LogP contribution in [0.2, 0.25) is 5.02 Å². The van der Waals surface area contributed by atoms with Crippen LogP contribution in [0.15, 0.2) is 47.6 Å². The molecule has 3 N–H and O–H groups in total. The molecule has 3 aromatic rings. The lowest BCUT2D eigenvalue weighted by Gasteiger charge is -2.26. The van der Waals surface area contributed by atoms with Crippen molar-refractivity contribution in [3.05, 3.63) is 70.4 Å². The monoisotopic (exact) mass is 531 g/mol. The molecule has 36 heavy (non-hydrogen) atoms. The Balaban J connectivity index is 1.47. The van der Waals surface area contributed by atoms with Gasteiger partial charge in [0.15, 0.2) is 9.84 Å². The maximum Gasteiger partial charge on any atom is 0.222 e. The van der Waals surface area contributed by atoms with Crippen molar-refractivity contribution in [1.82, 2.24) is 15.0 Å². The normalized spacial score (nSPS) is 18.3. The summed E-state index contributed by atoms with van der Waals surface area (Å²) in [7, 11) is -2.53. The fraction of sp³-hybridized carbons (Fsp3) is 0.320. The largest absolute Gasteiger partial charge is 0.481 e. The molecule has 11 heteroatoms. The van der Waals surface area contributed by atoms with Gasteiger partial charge in [0, 0.05) is 35.6 Å². The Labute approximate surface area is 214 Å². The van der Waals surface area contributed by atoms with Gasteiger partial charge in [0.05, 0.1) is 22.7 Å². The Morgan fingerprint density at radius 3 is 2.53 bits per heavy atom. The van der Waals surface area contributed by atoms with Crippen molar-refractivity contribution in [2.75, 3.05) is 12.4 Å². The average molecular weight is 532 g/mol. The maximum atomic E-state index is 14.8. The number of halogens is 2. The smallest absolute Gasteiger partial charge is 0.222 e. The zero-order chi connectivity index (χ0) is 25.7. The molecule has 0 unspecified atom stereocenters. The Hall–Kier alpha value is -3.08. The quantitative estimate of drug-likeness (QED) is 0.436. The van der Waals surface area contributed by atoms with Gasteiger partial charge >= 0.3 is 0 Å². The van der Waals surface area contributed by atoms with E-state index < -0.39 is 21.4 Å². The summed E-state index contributed by atoms with van der Waals surface area (Å²) >= 11 is 6.02. The number of rotatable bonds is 8. The summed E-state index contributed by atoms with van der Waals surface area (Å²) in [4.78, 5) is 12.7. The molecule has 1 aliphatic rings. The lowest BCUT2D eigenvalue weighted by molar-refractivity contribution is 0.393. The van der Waals surface area contributed by atoms with E-state index in [2.05, 4.69) is 20.3 Å². The van der Waals surface area contributed by atoms with Gasteiger partial charge in [0.2, 0.25) is 11.8 Å². The van der Waals surface area contributed by atoms with Crippen molar-refractivity contribution in [2.24, 2.45) is 5.73 Å². The fourth-order valence-corrected chi connectivity index (χ4v) is 5.85. The van der Waals surface area contributed by atoms with Gasteiger partial charge in [-0.1, -0.05) is 29.8 Å². The van der Waals surface area contributed by atoms with Crippen LogP contribution in [0.25, 0.3) is 12.2 Å². The average Bonchev–Trinajstić information content (AvgIpc) is 2.86. The number of methoxy groups -OCH3 is 1. The molecule has 0 radical (unpaired) electrons. The van der Waals surface area contributed by atoms with E-state index >= 15 is 0 Å². The highest BCUT2D eigenvalue weighted by Gasteiger charge is 2.23. The number of benzene rings is 1. The Morgan fingerprint density at radius 2 is 1.86 bits per heavy atom. The predicted octanol–water partition coefficient (Wildman–Crippen LogP) is 4.50. The molecule has 0 aliphatic heterocycles. The van der Waals surface area contributed by atoms with Crippen LogP contribution in [0.5, 0.6) is 5.88 Å². The molecule has 0 amide bonds.